The molecule has 0 aliphatic heterocycles. The van der Waals surface area contributed by atoms with E-state index in [4.69, 9.17) is 5.73 Å². The van der Waals surface area contributed by atoms with Gasteiger partial charge in [0.05, 0.1) is 0 Å². The maximum Gasteiger partial charge on any atom is 0.123 e. The van der Waals surface area contributed by atoms with Crippen LogP contribution in [-0.2, 0) is 6.42 Å². The van der Waals surface area contributed by atoms with Crippen LogP contribution in [0.3, 0.4) is 0 Å². The lowest BCUT2D eigenvalue weighted by molar-refractivity contribution is 0.628. The molecule has 1 heterocycles. The number of nitrogens with zero attached hydrogens (tertiary/aromatic N) is 1. The van der Waals surface area contributed by atoms with Crippen LogP contribution in [-0.4, -0.2) is 11.0 Å². The average Bonchev–Trinajstić information content (AvgIpc) is 2.65. The predicted molar refractivity (Wildman–Crippen MR) is 64.9 cm³/mol. The SMILES string of the molecule is CC(N)Cc1cnc(-c2cccc(F)c2)s1. The van der Waals surface area contributed by atoms with Gasteiger partial charge in [-0.1, -0.05) is 12.1 Å². The Kier molecular flexibility index (Phi) is 3.31. The molecule has 2 nitrogen and oxygen atoms in total. The predicted octanol–water partition coefficient (Wildman–Crippen LogP) is 2.84. The summed E-state index contributed by atoms with van der Waals surface area (Å²) >= 11 is 1.57. The van der Waals surface area contributed by atoms with Crippen molar-refractivity contribution < 1.29 is 4.39 Å². The van der Waals surface area contributed by atoms with Crippen LogP contribution in [0.25, 0.3) is 10.6 Å². The van der Waals surface area contributed by atoms with Gasteiger partial charge in [-0.25, -0.2) is 9.37 Å². The topological polar surface area (TPSA) is 38.9 Å². The molecule has 2 aromatic rings. The molecule has 0 bridgehead atoms. The Morgan fingerprint density at radius 2 is 2.31 bits per heavy atom. The smallest absolute Gasteiger partial charge is 0.123 e. The molecule has 0 saturated carbocycles. The third-order valence-electron chi connectivity index (χ3n) is 2.15. The van der Waals surface area contributed by atoms with E-state index in [9.17, 15) is 4.39 Å². The molecule has 0 amide bonds. The van der Waals surface area contributed by atoms with Crippen molar-refractivity contribution in [3.63, 3.8) is 0 Å². The highest BCUT2D eigenvalue weighted by molar-refractivity contribution is 7.15. The van der Waals surface area contributed by atoms with E-state index >= 15 is 0 Å². The van der Waals surface area contributed by atoms with E-state index in [2.05, 4.69) is 4.98 Å². The van der Waals surface area contributed by atoms with Gasteiger partial charge in [0.25, 0.3) is 0 Å². The summed E-state index contributed by atoms with van der Waals surface area (Å²) in [6, 6.07) is 6.60. The Morgan fingerprint density at radius 1 is 1.50 bits per heavy atom. The minimum atomic E-state index is -0.235. The lowest BCUT2D eigenvalue weighted by Gasteiger charge is -1.99. The molecule has 0 aliphatic rings. The van der Waals surface area contributed by atoms with Gasteiger partial charge in [0.15, 0.2) is 0 Å². The highest BCUT2D eigenvalue weighted by Gasteiger charge is 2.06. The third kappa shape index (κ3) is 2.65. The minimum absolute atomic E-state index is 0.126. The number of aromatic nitrogens is 1. The van der Waals surface area contributed by atoms with E-state index in [0.29, 0.717) is 0 Å². The molecule has 1 unspecified atom stereocenters. The van der Waals surface area contributed by atoms with Gasteiger partial charge in [0.1, 0.15) is 10.8 Å². The van der Waals surface area contributed by atoms with Gasteiger partial charge in [0, 0.05) is 22.7 Å². The largest absolute Gasteiger partial charge is 0.328 e. The number of hydrogen-bond acceptors (Lipinski definition) is 3. The van der Waals surface area contributed by atoms with Gasteiger partial charge in [-0.05, 0) is 25.5 Å². The van der Waals surface area contributed by atoms with Crippen LogP contribution >= 0.6 is 11.3 Å². The number of nitrogens with two attached hydrogens (primary N) is 1. The maximum atomic E-state index is 13.0. The lowest BCUT2D eigenvalue weighted by Crippen LogP contribution is -2.16. The van der Waals surface area contributed by atoms with E-state index in [0.717, 1.165) is 21.9 Å². The molecule has 0 aliphatic carbocycles. The quantitative estimate of drug-likeness (QED) is 0.890. The first-order chi connectivity index (χ1) is 7.65. The van der Waals surface area contributed by atoms with Crippen molar-refractivity contribution in [3.8, 4) is 10.6 Å². The van der Waals surface area contributed by atoms with Crippen LogP contribution in [0.15, 0.2) is 30.5 Å². The van der Waals surface area contributed by atoms with Gasteiger partial charge in [-0.15, -0.1) is 11.3 Å². The summed E-state index contributed by atoms with van der Waals surface area (Å²) in [5, 5.41) is 0.843. The van der Waals surface area contributed by atoms with E-state index in [1.54, 1.807) is 17.4 Å². The first kappa shape index (κ1) is 11.2. The zero-order valence-electron chi connectivity index (χ0n) is 8.98. The molecule has 1 atom stereocenters. The standard InChI is InChI=1S/C12H13FN2S/c1-8(14)5-11-7-15-12(16-11)9-3-2-4-10(13)6-9/h2-4,6-8H,5,14H2,1H3. The van der Waals surface area contributed by atoms with Crippen molar-refractivity contribution >= 4 is 11.3 Å². The molecule has 16 heavy (non-hydrogen) atoms. The molecule has 1 aromatic heterocycles. The van der Waals surface area contributed by atoms with Crippen LogP contribution in [0.4, 0.5) is 4.39 Å². The Morgan fingerprint density at radius 3 is 3.00 bits per heavy atom. The molecule has 0 radical (unpaired) electrons. The Labute approximate surface area is 97.9 Å². The van der Waals surface area contributed by atoms with Crippen molar-refractivity contribution in [3.05, 3.63) is 41.2 Å². The van der Waals surface area contributed by atoms with E-state index in [1.807, 2.05) is 19.2 Å². The summed E-state index contributed by atoms with van der Waals surface area (Å²) < 4.78 is 13.0. The van der Waals surface area contributed by atoms with Gasteiger partial charge in [-0.2, -0.15) is 0 Å². The van der Waals surface area contributed by atoms with Crippen molar-refractivity contribution in [2.75, 3.05) is 0 Å². The Balaban J connectivity index is 2.24. The normalized spacial score (nSPS) is 12.7. The molecule has 4 heteroatoms. The second kappa shape index (κ2) is 4.72. The second-order valence-electron chi connectivity index (χ2n) is 3.82. The fourth-order valence-corrected chi connectivity index (χ4v) is 2.52. The van der Waals surface area contributed by atoms with Crippen LogP contribution in [0.5, 0.6) is 0 Å². The summed E-state index contributed by atoms with van der Waals surface area (Å²) in [6.07, 6.45) is 2.63. The molecule has 84 valence electrons. The summed E-state index contributed by atoms with van der Waals surface area (Å²) in [4.78, 5) is 5.41. The fourth-order valence-electron chi connectivity index (χ4n) is 1.47. The van der Waals surface area contributed by atoms with E-state index in [-0.39, 0.29) is 11.9 Å². The highest BCUT2D eigenvalue weighted by atomic mass is 32.1. The number of rotatable bonds is 3. The van der Waals surface area contributed by atoms with Crippen LogP contribution in [0.1, 0.15) is 11.8 Å². The Hall–Kier alpha value is -1.26. The number of hydrogen-bond donors (Lipinski definition) is 1. The van der Waals surface area contributed by atoms with Gasteiger partial charge in [-0.3, -0.25) is 0 Å². The van der Waals surface area contributed by atoms with Crippen molar-refractivity contribution in [2.24, 2.45) is 5.73 Å². The van der Waals surface area contributed by atoms with E-state index < -0.39 is 0 Å². The number of thiazole rings is 1. The fraction of sp³-hybridized carbons (Fsp3) is 0.250. The Bertz CT molecular complexity index is 479. The molecule has 2 N–H and O–H groups in total. The highest BCUT2D eigenvalue weighted by Crippen LogP contribution is 2.26. The van der Waals surface area contributed by atoms with Crippen molar-refractivity contribution in [2.45, 2.75) is 19.4 Å². The van der Waals surface area contributed by atoms with Crippen molar-refractivity contribution in [1.29, 1.82) is 0 Å². The van der Waals surface area contributed by atoms with Crippen molar-refractivity contribution in [1.82, 2.24) is 4.98 Å². The van der Waals surface area contributed by atoms with Gasteiger partial charge < -0.3 is 5.73 Å². The van der Waals surface area contributed by atoms with Gasteiger partial charge >= 0.3 is 0 Å². The summed E-state index contributed by atoms with van der Waals surface area (Å²) in [5.74, 6) is -0.235. The molecule has 1 aromatic carbocycles. The molecule has 0 saturated heterocycles. The monoisotopic (exact) mass is 236 g/mol. The molecular formula is C12H13FN2S. The average molecular weight is 236 g/mol. The van der Waals surface area contributed by atoms with Crippen LogP contribution in [0, 0.1) is 5.82 Å². The number of halogens is 1. The zero-order valence-corrected chi connectivity index (χ0v) is 9.80. The molecule has 0 fully saturated rings. The van der Waals surface area contributed by atoms with Crippen LogP contribution < -0.4 is 5.73 Å². The molecule has 2 rings (SSSR count). The summed E-state index contributed by atoms with van der Waals surface area (Å²) in [5.41, 5.74) is 6.54. The van der Waals surface area contributed by atoms with Crippen LogP contribution in [0.2, 0.25) is 0 Å². The first-order valence-electron chi connectivity index (χ1n) is 5.11. The van der Waals surface area contributed by atoms with E-state index in [1.165, 1.54) is 12.1 Å². The summed E-state index contributed by atoms with van der Waals surface area (Å²) in [7, 11) is 0. The lowest BCUT2D eigenvalue weighted by atomic mass is 10.2. The third-order valence-corrected chi connectivity index (χ3v) is 3.22. The zero-order chi connectivity index (χ0) is 11.5. The maximum absolute atomic E-state index is 13.0. The molecule has 0 spiro atoms. The first-order valence-corrected chi connectivity index (χ1v) is 5.93. The minimum Gasteiger partial charge on any atom is -0.328 e. The van der Waals surface area contributed by atoms with Gasteiger partial charge in [0.2, 0.25) is 0 Å². The summed E-state index contributed by atoms with van der Waals surface area (Å²) in [6.45, 7) is 1.96. The number of benzene rings is 1. The molecular weight excluding hydrogens is 223 g/mol. The second-order valence-corrected chi connectivity index (χ2v) is 4.94.